The molecule has 10 aromatic rings. The molecule has 0 aliphatic rings. The summed E-state index contributed by atoms with van der Waals surface area (Å²) in [6.07, 6.45) is 0. The number of nitrogens with zero attached hydrogens (tertiary/aromatic N) is 1. The van der Waals surface area contributed by atoms with Gasteiger partial charge >= 0.3 is 0 Å². The van der Waals surface area contributed by atoms with Crippen LogP contribution in [0.4, 0.5) is 17.1 Å². The Morgan fingerprint density at radius 2 is 1.05 bits per heavy atom. The van der Waals surface area contributed by atoms with E-state index in [4.69, 9.17) is 0 Å². The SMILES string of the molecule is Cc1c(O)c(O)c(O)c(-c2ccc3c(c2)sc2ccc(-c4ccc(N(c5ccc(-c6ccccc6)cc5)c5cccc6ccccc56)c5ccccc45)cc23)c1O. The molecule has 57 heavy (non-hydrogen) atoms. The van der Waals surface area contributed by atoms with E-state index < -0.39 is 17.2 Å². The van der Waals surface area contributed by atoms with Crippen LogP contribution in [-0.2, 0) is 0 Å². The number of benzene rings is 9. The summed E-state index contributed by atoms with van der Waals surface area (Å²) in [5, 5.41) is 48.8. The van der Waals surface area contributed by atoms with Crippen LogP contribution in [0.25, 0.3) is 75.1 Å². The summed E-state index contributed by atoms with van der Waals surface area (Å²) >= 11 is 1.62. The number of thiophene rings is 1. The minimum atomic E-state index is -0.652. The van der Waals surface area contributed by atoms with Crippen molar-refractivity contribution in [3.05, 3.63) is 175 Å². The molecular formula is C51H35NO4S. The molecule has 274 valence electrons. The minimum absolute atomic E-state index is 0.0825. The third-order valence-corrected chi connectivity index (χ3v) is 12.2. The number of phenolic OH excluding ortho intramolecular Hbond substituents is 4. The zero-order chi connectivity index (χ0) is 38.8. The van der Waals surface area contributed by atoms with Crippen LogP contribution >= 0.6 is 11.3 Å². The number of rotatable bonds is 6. The van der Waals surface area contributed by atoms with Gasteiger partial charge in [-0.05, 0) is 88.0 Å². The van der Waals surface area contributed by atoms with Gasteiger partial charge in [0, 0.05) is 42.2 Å². The van der Waals surface area contributed by atoms with E-state index in [9.17, 15) is 20.4 Å². The lowest BCUT2D eigenvalue weighted by molar-refractivity contribution is 0.360. The van der Waals surface area contributed by atoms with E-state index in [0.717, 1.165) is 64.7 Å². The molecule has 0 unspecified atom stereocenters. The van der Waals surface area contributed by atoms with Gasteiger partial charge in [-0.25, -0.2) is 0 Å². The molecule has 0 spiro atoms. The molecule has 10 rings (SSSR count). The zero-order valence-corrected chi connectivity index (χ0v) is 31.6. The topological polar surface area (TPSA) is 84.2 Å². The molecule has 0 saturated heterocycles. The van der Waals surface area contributed by atoms with E-state index in [-0.39, 0.29) is 16.9 Å². The maximum atomic E-state index is 10.9. The zero-order valence-electron chi connectivity index (χ0n) is 30.8. The molecule has 0 aliphatic carbocycles. The highest BCUT2D eigenvalue weighted by atomic mass is 32.1. The second kappa shape index (κ2) is 13.5. The first-order valence-corrected chi connectivity index (χ1v) is 19.6. The third kappa shape index (κ3) is 5.61. The van der Waals surface area contributed by atoms with Gasteiger partial charge in [0.05, 0.1) is 16.9 Å². The quantitative estimate of drug-likeness (QED) is 0.100. The predicted molar refractivity (Wildman–Crippen MR) is 237 cm³/mol. The number of anilines is 3. The van der Waals surface area contributed by atoms with E-state index in [0.29, 0.717) is 5.56 Å². The fourth-order valence-corrected chi connectivity index (χ4v) is 9.29. The lowest BCUT2D eigenvalue weighted by Crippen LogP contribution is -2.11. The summed E-state index contributed by atoms with van der Waals surface area (Å²) in [6.45, 7) is 1.49. The highest BCUT2D eigenvalue weighted by Gasteiger charge is 2.23. The molecule has 0 saturated carbocycles. The Kier molecular flexibility index (Phi) is 8.09. The molecule has 0 radical (unpaired) electrons. The molecule has 0 bridgehead atoms. The first kappa shape index (κ1) is 34.2. The van der Waals surface area contributed by atoms with Gasteiger partial charge in [-0.3, -0.25) is 0 Å². The van der Waals surface area contributed by atoms with Gasteiger partial charge in [0.15, 0.2) is 11.5 Å². The van der Waals surface area contributed by atoms with E-state index in [1.54, 1.807) is 11.3 Å². The predicted octanol–water partition coefficient (Wildman–Crippen LogP) is 14.0. The molecule has 1 aromatic heterocycles. The van der Waals surface area contributed by atoms with Crippen molar-refractivity contribution in [2.75, 3.05) is 4.90 Å². The molecule has 0 amide bonds. The summed E-state index contributed by atoms with van der Waals surface area (Å²) in [5.74, 6) is -2.02. The van der Waals surface area contributed by atoms with E-state index in [1.807, 2.05) is 24.3 Å². The first-order valence-electron chi connectivity index (χ1n) is 18.7. The van der Waals surface area contributed by atoms with Crippen molar-refractivity contribution in [2.45, 2.75) is 6.92 Å². The lowest BCUT2D eigenvalue weighted by Gasteiger charge is -2.29. The van der Waals surface area contributed by atoms with Crippen LogP contribution in [0.3, 0.4) is 0 Å². The Hall–Kier alpha value is -7.28. The molecule has 0 atom stereocenters. The van der Waals surface area contributed by atoms with Gasteiger partial charge in [-0.2, -0.15) is 0 Å². The van der Waals surface area contributed by atoms with Gasteiger partial charge in [0.25, 0.3) is 0 Å². The summed E-state index contributed by atoms with van der Waals surface area (Å²) in [5.41, 5.74) is 8.51. The Bertz CT molecular complexity index is 3150. The van der Waals surface area contributed by atoms with Crippen molar-refractivity contribution in [3.8, 4) is 56.4 Å². The largest absolute Gasteiger partial charge is 0.507 e. The molecular weight excluding hydrogens is 723 g/mol. The van der Waals surface area contributed by atoms with Crippen molar-refractivity contribution >= 4 is 70.1 Å². The van der Waals surface area contributed by atoms with Crippen LogP contribution in [-0.4, -0.2) is 20.4 Å². The van der Waals surface area contributed by atoms with Crippen molar-refractivity contribution < 1.29 is 20.4 Å². The van der Waals surface area contributed by atoms with Crippen LogP contribution in [0.2, 0.25) is 0 Å². The van der Waals surface area contributed by atoms with Crippen LogP contribution in [0.5, 0.6) is 23.0 Å². The Balaban J connectivity index is 1.11. The van der Waals surface area contributed by atoms with E-state index >= 15 is 0 Å². The van der Waals surface area contributed by atoms with Crippen LogP contribution in [0, 0.1) is 6.92 Å². The second-order valence-electron chi connectivity index (χ2n) is 14.3. The van der Waals surface area contributed by atoms with Crippen LogP contribution in [0.15, 0.2) is 170 Å². The highest BCUT2D eigenvalue weighted by Crippen LogP contribution is 2.52. The minimum Gasteiger partial charge on any atom is -0.507 e. The highest BCUT2D eigenvalue weighted by molar-refractivity contribution is 7.25. The molecule has 1 heterocycles. The van der Waals surface area contributed by atoms with Crippen molar-refractivity contribution in [2.24, 2.45) is 0 Å². The monoisotopic (exact) mass is 757 g/mol. The molecule has 5 nitrogen and oxygen atoms in total. The number of phenols is 4. The Morgan fingerprint density at radius 3 is 1.86 bits per heavy atom. The maximum absolute atomic E-state index is 10.9. The number of hydrogen-bond acceptors (Lipinski definition) is 6. The van der Waals surface area contributed by atoms with Gasteiger partial charge in [-0.15, -0.1) is 11.3 Å². The standard InChI is InChI=1S/C51H35NO4S/c1-30-48(53)47(50(55)51(56)49(30)54)35-20-24-41-42-28-34(21-27-45(42)57-46(41)29-35)37-25-26-44(40-16-8-7-15-39(37)40)52(43-17-9-13-33-12-5-6-14-38(33)43)36-22-18-32(19-23-36)31-10-3-2-4-11-31/h2-29,53-56H,1H3. The number of fused-ring (bicyclic) bond motifs is 5. The second-order valence-corrected chi connectivity index (χ2v) is 15.4. The Morgan fingerprint density at radius 1 is 0.404 bits per heavy atom. The average Bonchev–Trinajstić information content (AvgIpc) is 3.63. The summed E-state index contributed by atoms with van der Waals surface area (Å²) < 4.78 is 2.07. The summed E-state index contributed by atoms with van der Waals surface area (Å²) in [6, 6.07) is 59.7. The molecule has 0 aliphatic heterocycles. The molecule has 6 heteroatoms. The average molecular weight is 758 g/mol. The van der Waals surface area contributed by atoms with Crippen LogP contribution < -0.4 is 4.90 Å². The van der Waals surface area contributed by atoms with Crippen molar-refractivity contribution in [1.29, 1.82) is 0 Å². The smallest absolute Gasteiger partial charge is 0.201 e. The first-order chi connectivity index (χ1) is 27.9. The summed E-state index contributed by atoms with van der Waals surface area (Å²) in [4.78, 5) is 2.38. The van der Waals surface area contributed by atoms with Gasteiger partial charge in [0.1, 0.15) is 5.75 Å². The molecule has 0 fully saturated rings. The fraction of sp³-hybridized carbons (Fsp3) is 0.0196. The van der Waals surface area contributed by atoms with E-state index in [2.05, 4.69) is 150 Å². The lowest BCUT2D eigenvalue weighted by atomic mass is 9.94. The van der Waals surface area contributed by atoms with Gasteiger partial charge in [0.2, 0.25) is 5.75 Å². The molecule has 9 aromatic carbocycles. The Labute approximate surface area is 332 Å². The fourth-order valence-electron chi connectivity index (χ4n) is 8.17. The number of aromatic hydroxyl groups is 4. The molecule has 4 N–H and O–H groups in total. The van der Waals surface area contributed by atoms with E-state index in [1.165, 1.54) is 23.3 Å². The normalized spacial score (nSPS) is 11.5. The maximum Gasteiger partial charge on any atom is 0.201 e. The van der Waals surface area contributed by atoms with Crippen molar-refractivity contribution in [1.82, 2.24) is 0 Å². The van der Waals surface area contributed by atoms with Gasteiger partial charge in [-0.1, -0.05) is 127 Å². The third-order valence-electron chi connectivity index (χ3n) is 11.1. The summed E-state index contributed by atoms with van der Waals surface area (Å²) in [7, 11) is 0. The number of hydrogen-bond donors (Lipinski definition) is 4. The van der Waals surface area contributed by atoms with Crippen molar-refractivity contribution in [3.63, 3.8) is 0 Å². The van der Waals surface area contributed by atoms with Crippen LogP contribution in [0.1, 0.15) is 5.56 Å². The van der Waals surface area contributed by atoms with Gasteiger partial charge < -0.3 is 25.3 Å².